The van der Waals surface area contributed by atoms with Crippen LogP contribution in [0.3, 0.4) is 0 Å². The molecule has 8 heteroatoms. The van der Waals surface area contributed by atoms with E-state index in [0.717, 1.165) is 0 Å². The molecule has 1 aliphatic carbocycles. The van der Waals surface area contributed by atoms with Crippen LogP contribution in [0.1, 0.15) is 36.6 Å². The Labute approximate surface area is 172 Å². The van der Waals surface area contributed by atoms with Crippen molar-refractivity contribution in [1.82, 2.24) is 5.16 Å². The highest BCUT2D eigenvalue weighted by Crippen LogP contribution is 2.49. The molecule has 156 valence electrons. The van der Waals surface area contributed by atoms with Crippen molar-refractivity contribution in [3.63, 3.8) is 0 Å². The summed E-state index contributed by atoms with van der Waals surface area (Å²) < 4.78 is 30.8. The van der Waals surface area contributed by atoms with Crippen molar-refractivity contribution in [2.24, 2.45) is 5.92 Å². The number of aromatic nitrogens is 1. The summed E-state index contributed by atoms with van der Waals surface area (Å²) in [6, 6.07) is 8.02. The van der Waals surface area contributed by atoms with Crippen molar-refractivity contribution in [1.29, 1.82) is 0 Å². The Morgan fingerprint density at radius 1 is 1.23 bits per heavy atom. The molecule has 3 heterocycles. The molecule has 2 aliphatic heterocycles. The number of hydrogen-bond acceptors (Lipinski definition) is 6. The Morgan fingerprint density at radius 2 is 2.03 bits per heavy atom. The second-order valence-electron chi connectivity index (χ2n) is 7.90. The molecule has 1 amide bonds. The van der Waals surface area contributed by atoms with Gasteiger partial charge >= 0.3 is 0 Å². The zero-order valence-corrected chi connectivity index (χ0v) is 16.6. The average Bonchev–Trinajstić information content (AvgIpc) is 3.29. The van der Waals surface area contributed by atoms with Crippen LogP contribution in [0.2, 0.25) is 0 Å². The van der Waals surface area contributed by atoms with E-state index in [-0.39, 0.29) is 29.4 Å². The quantitative estimate of drug-likeness (QED) is 0.768. The van der Waals surface area contributed by atoms with E-state index in [1.165, 1.54) is 12.0 Å². The van der Waals surface area contributed by atoms with Crippen LogP contribution in [0.15, 0.2) is 46.2 Å². The van der Waals surface area contributed by atoms with Gasteiger partial charge in [-0.25, -0.2) is 4.39 Å². The molecule has 5 rings (SSSR count). The predicted octanol–water partition coefficient (Wildman–Crippen LogP) is 3.44. The molecule has 0 spiro atoms. The van der Waals surface area contributed by atoms with Gasteiger partial charge in [-0.05, 0) is 32.3 Å². The van der Waals surface area contributed by atoms with Gasteiger partial charge in [0.2, 0.25) is 0 Å². The number of carbonyl (C=O) groups excluding carboxylic acids is 2. The van der Waals surface area contributed by atoms with Gasteiger partial charge in [0.25, 0.3) is 5.91 Å². The van der Waals surface area contributed by atoms with Gasteiger partial charge in [-0.15, -0.1) is 0 Å². The van der Waals surface area contributed by atoms with Crippen molar-refractivity contribution in [2.45, 2.75) is 44.5 Å². The molecule has 0 radical (unpaired) electrons. The Balaban J connectivity index is 1.67. The van der Waals surface area contributed by atoms with E-state index in [2.05, 4.69) is 5.16 Å². The van der Waals surface area contributed by atoms with Gasteiger partial charge in [0, 0.05) is 11.6 Å². The molecular formula is C22H21FN2O5. The summed E-state index contributed by atoms with van der Waals surface area (Å²) >= 11 is 0. The number of halogens is 1. The number of amides is 1. The van der Waals surface area contributed by atoms with Gasteiger partial charge < -0.3 is 14.0 Å². The van der Waals surface area contributed by atoms with Crippen molar-refractivity contribution in [3.05, 3.63) is 53.0 Å². The number of rotatable bonds is 3. The third-order valence-corrected chi connectivity index (χ3v) is 6.08. The number of aryl methyl sites for hydroxylation is 1. The Bertz CT molecular complexity index is 1060. The normalized spacial score (nSPS) is 28.3. The lowest BCUT2D eigenvalue weighted by Crippen LogP contribution is -2.42. The number of anilines is 1. The lowest BCUT2D eigenvalue weighted by molar-refractivity contribution is -0.133. The summed E-state index contributed by atoms with van der Waals surface area (Å²) in [5.74, 6) is 0.0648. The maximum atomic E-state index is 14.1. The van der Waals surface area contributed by atoms with Crippen LogP contribution in [0, 0.1) is 12.8 Å². The van der Waals surface area contributed by atoms with Crippen molar-refractivity contribution in [2.75, 3.05) is 12.0 Å². The largest absolute Gasteiger partial charge is 0.496 e. The maximum absolute atomic E-state index is 14.1. The highest BCUT2D eigenvalue weighted by Gasteiger charge is 2.54. The summed E-state index contributed by atoms with van der Waals surface area (Å²) in [4.78, 5) is 28.3. The van der Waals surface area contributed by atoms with E-state index >= 15 is 0 Å². The van der Waals surface area contributed by atoms with E-state index in [1.54, 1.807) is 25.1 Å². The fourth-order valence-electron chi connectivity index (χ4n) is 4.71. The van der Waals surface area contributed by atoms with E-state index in [9.17, 15) is 14.0 Å². The molecule has 0 bridgehead atoms. The minimum atomic E-state index is -1.04. The second-order valence-corrected chi connectivity index (χ2v) is 7.90. The third kappa shape index (κ3) is 2.74. The lowest BCUT2D eigenvalue weighted by atomic mass is 9.77. The van der Waals surface area contributed by atoms with Crippen LogP contribution in [0.4, 0.5) is 10.2 Å². The van der Waals surface area contributed by atoms with E-state index in [1.807, 2.05) is 12.1 Å². The number of Topliss-reactive ketones (excluding diaryl/α,β-unsaturated/α-hetero) is 1. The molecule has 7 nitrogen and oxygen atoms in total. The van der Waals surface area contributed by atoms with Crippen molar-refractivity contribution >= 4 is 17.5 Å². The van der Waals surface area contributed by atoms with Crippen LogP contribution in [0.25, 0.3) is 0 Å². The summed E-state index contributed by atoms with van der Waals surface area (Å²) in [6.45, 7) is 1.72. The first-order valence-corrected chi connectivity index (χ1v) is 9.98. The zero-order chi connectivity index (χ0) is 21.0. The SMILES string of the molecule is COc1ccccc1C1C2=C(OC3CCC(F)CC3C2=O)C(=O)N1c1cc(C)on1. The van der Waals surface area contributed by atoms with Crippen LogP contribution >= 0.6 is 0 Å². The second kappa shape index (κ2) is 6.97. The molecule has 2 aromatic rings. The Hall–Kier alpha value is -3.16. The molecule has 0 saturated heterocycles. The van der Waals surface area contributed by atoms with Gasteiger partial charge in [0.15, 0.2) is 17.4 Å². The maximum Gasteiger partial charge on any atom is 0.295 e. The highest BCUT2D eigenvalue weighted by atomic mass is 19.1. The predicted molar refractivity (Wildman–Crippen MR) is 104 cm³/mol. The number of alkyl halides is 1. The van der Waals surface area contributed by atoms with Gasteiger partial charge in [-0.1, -0.05) is 23.4 Å². The van der Waals surface area contributed by atoms with Crippen LogP contribution in [0.5, 0.6) is 5.75 Å². The van der Waals surface area contributed by atoms with Gasteiger partial charge in [-0.3, -0.25) is 14.5 Å². The monoisotopic (exact) mass is 412 g/mol. The number of fused-ring (bicyclic) bond motifs is 1. The summed E-state index contributed by atoms with van der Waals surface area (Å²) in [6.07, 6.45) is -0.685. The Morgan fingerprint density at radius 3 is 2.77 bits per heavy atom. The number of ether oxygens (including phenoxy) is 2. The van der Waals surface area contributed by atoms with Crippen LogP contribution < -0.4 is 9.64 Å². The zero-order valence-electron chi connectivity index (χ0n) is 16.6. The molecule has 1 aromatic heterocycles. The molecule has 30 heavy (non-hydrogen) atoms. The van der Waals surface area contributed by atoms with Crippen LogP contribution in [-0.2, 0) is 14.3 Å². The van der Waals surface area contributed by atoms with Crippen LogP contribution in [-0.4, -0.2) is 36.2 Å². The summed E-state index contributed by atoms with van der Waals surface area (Å²) in [5, 5.41) is 4.00. The number of para-hydroxylation sites is 1. The minimum Gasteiger partial charge on any atom is -0.496 e. The first-order valence-electron chi connectivity index (χ1n) is 9.98. The first kappa shape index (κ1) is 18.8. The molecule has 0 N–H and O–H groups in total. The van der Waals surface area contributed by atoms with Crippen molar-refractivity contribution < 1.29 is 28.0 Å². The topological polar surface area (TPSA) is 81.9 Å². The minimum absolute atomic E-state index is 0.0233. The molecule has 1 aromatic carbocycles. The van der Waals surface area contributed by atoms with E-state index in [4.69, 9.17) is 14.0 Å². The molecule has 3 aliphatic rings. The number of methoxy groups -OCH3 is 1. The molecule has 1 fully saturated rings. The Kier molecular flexibility index (Phi) is 4.38. The number of ketones is 1. The molecule has 1 saturated carbocycles. The van der Waals surface area contributed by atoms with Gasteiger partial charge in [0.1, 0.15) is 29.8 Å². The molecular weight excluding hydrogens is 391 g/mol. The van der Waals surface area contributed by atoms with Gasteiger partial charge in [0.05, 0.1) is 18.6 Å². The van der Waals surface area contributed by atoms with Gasteiger partial charge in [-0.2, -0.15) is 0 Å². The highest BCUT2D eigenvalue weighted by molar-refractivity contribution is 6.17. The summed E-state index contributed by atoms with van der Waals surface area (Å²) in [5.41, 5.74) is 0.863. The smallest absolute Gasteiger partial charge is 0.295 e. The lowest BCUT2D eigenvalue weighted by Gasteiger charge is -2.36. The fourth-order valence-corrected chi connectivity index (χ4v) is 4.71. The van der Waals surface area contributed by atoms with E-state index < -0.39 is 30.1 Å². The molecule has 4 atom stereocenters. The summed E-state index contributed by atoms with van der Waals surface area (Å²) in [7, 11) is 1.53. The first-order chi connectivity index (χ1) is 14.5. The van der Waals surface area contributed by atoms with E-state index in [0.29, 0.717) is 29.9 Å². The molecule has 4 unspecified atom stereocenters. The van der Waals surface area contributed by atoms with Crippen molar-refractivity contribution in [3.8, 4) is 5.75 Å². The average molecular weight is 412 g/mol. The number of carbonyl (C=O) groups is 2. The fraction of sp³-hybridized carbons (Fsp3) is 0.409. The third-order valence-electron chi connectivity index (χ3n) is 6.08. The number of nitrogens with zero attached hydrogens (tertiary/aromatic N) is 2. The number of benzene rings is 1. The number of hydrogen-bond donors (Lipinski definition) is 0. The standard InChI is InChI=1S/C22H21FN2O5/c1-11-9-17(24-30-11)25-19(13-5-3-4-6-15(13)28-2)18-20(26)14-10-12(23)7-8-16(14)29-21(18)22(25)27/h3-6,9,12,14,16,19H,7-8,10H2,1-2H3.